The molecule has 0 amide bonds. The van der Waals surface area contributed by atoms with E-state index in [0.717, 1.165) is 18.4 Å². The number of nitrogens with one attached hydrogen (secondary N) is 1. The molecule has 1 saturated carbocycles. The molecule has 1 heterocycles. The van der Waals surface area contributed by atoms with Gasteiger partial charge < -0.3 is 5.32 Å². The van der Waals surface area contributed by atoms with Crippen molar-refractivity contribution in [1.82, 2.24) is 15.1 Å². The highest BCUT2D eigenvalue weighted by Crippen LogP contribution is 2.33. The zero-order chi connectivity index (χ0) is 11.5. The van der Waals surface area contributed by atoms with Gasteiger partial charge in [-0.05, 0) is 50.6 Å². The lowest BCUT2D eigenvalue weighted by Crippen LogP contribution is -2.29. The normalized spacial score (nSPS) is 29.8. The molecular weight excluding hydrogens is 198 g/mol. The topological polar surface area (TPSA) is 29.9 Å². The number of nitrogens with zero attached hydrogens (tertiary/aromatic N) is 2. The van der Waals surface area contributed by atoms with Crippen molar-refractivity contribution in [2.75, 3.05) is 7.05 Å². The minimum absolute atomic E-state index is 0.714. The molecule has 0 bridgehead atoms. The zero-order valence-electron chi connectivity index (χ0n) is 10.6. The number of aryl methyl sites for hydroxylation is 1. The van der Waals surface area contributed by atoms with Crippen LogP contribution in [0.25, 0.3) is 0 Å². The first kappa shape index (κ1) is 11.6. The molecule has 1 fully saturated rings. The molecule has 0 spiro atoms. The number of hydrogen-bond acceptors (Lipinski definition) is 2. The molecular formula is C13H23N3. The van der Waals surface area contributed by atoms with Gasteiger partial charge in [-0.1, -0.05) is 6.92 Å². The monoisotopic (exact) mass is 221 g/mol. The maximum atomic E-state index is 4.34. The molecule has 0 saturated heterocycles. The first-order valence-electron chi connectivity index (χ1n) is 6.43. The van der Waals surface area contributed by atoms with Gasteiger partial charge in [0.2, 0.25) is 0 Å². The minimum Gasteiger partial charge on any atom is -0.317 e. The largest absolute Gasteiger partial charge is 0.317 e. The van der Waals surface area contributed by atoms with E-state index in [-0.39, 0.29) is 0 Å². The molecule has 3 unspecified atom stereocenters. The second kappa shape index (κ2) is 5.00. The van der Waals surface area contributed by atoms with Crippen LogP contribution >= 0.6 is 0 Å². The number of hydrogen-bond donors (Lipinski definition) is 1. The van der Waals surface area contributed by atoms with Gasteiger partial charge in [0.05, 0.1) is 6.20 Å². The summed E-state index contributed by atoms with van der Waals surface area (Å²) in [6, 6.07) is 0.714. The van der Waals surface area contributed by atoms with E-state index in [1.807, 2.05) is 10.9 Å². The lowest BCUT2D eigenvalue weighted by Gasteiger charge is -2.19. The highest BCUT2D eigenvalue weighted by molar-refractivity contribution is 5.07. The van der Waals surface area contributed by atoms with E-state index in [4.69, 9.17) is 0 Å². The summed E-state index contributed by atoms with van der Waals surface area (Å²) >= 11 is 0. The van der Waals surface area contributed by atoms with Gasteiger partial charge in [0.15, 0.2) is 0 Å². The predicted molar refractivity (Wildman–Crippen MR) is 66.3 cm³/mol. The van der Waals surface area contributed by atoms with Gasteiger partial charge in [0, 0.05) is 18.8 Å². The van der Waals surface area contributed by atoms with Crippen molar-refractivity contribution in [2.24, 2.45) is 11.8 Å². The Labute approximate surface area is 98.2 Å². The van der Waals surface area contributed by atoms with Crippen LogP contribution in [-0.4, -0.2) is 22.9 Å². The third-order valence-corrected chi connectivity index (χ3v) is 4.11. The van der Waals surface area contributed by atoms with Crippen LogP contribution in [0.2, 0.25) is 0 Å². The Morgan fingerprint density at radius 3 is 2.88 bits per heavy atom. The van der Waals surface area contributed by atoms with Crippen LogP contribution < -0.4 is 5.32 Å². The molecule has 16 heavy (non-hydrogen) atoms. The van der Waals surface area contributed by atoms with E-state index in [1.165, 1.54) is 24.8 Å². The van der Waals surface area contributed by atoms with Gasteiger partial charge in [-0.2, -0.15) is 5.10 Å². The van der Waals surface area contributed by atoms with Gasteiger partial charge in [-0.15, -0.1) is 0 Å². The van der Waals surface area contributed by atoms with Crippen LogP contribution in [0.15, 0.2) is 12.4 Å². The van der Waals surface area contributed by atoms with Crippen LogP contribution in [-0.2, 0) is 13.0 Å². The van der Waals surface area contributed by atoms with Crippen molar-refractivity contribution in [1.29, 1.82) is 0 Å². The summed E-state index contributed by atoms with van der Waals surface area (Å²) < 4.78 is 2.02. The summed E-state index contributed by atoms with van der Waals surface area (Å²) in [4.78, 5) is 0. The molecule has 0 aromatic carbocycles. The second-order valence-electron chi connectivity index (χ2n) is 5.00. The van der Waals surface area contributed by atoms with Crippen molar-refractivity contribution < 1.29 is 0 Å². The minimum atomic E-state index is 0.714. The second-order valence-corrected chi connectivity index (χ2v) is 5.00. The molecule has 1 aromatic rings. The summed E-state index contributed by atoms with van der Waals surface area (Å²) in [5.74, 6) is 1.61. The summed E-state index contributed by atoms with van der Waals surface area (Å²) in [5, 5.41) is 7.77. The van der Waals surface area contributed by atoms with E-state index >= 15 is 0 Å². The standard InChI is InChI=1S/C13H23N3/c1-4-16-9-11(8-15-16)7-12-5-6-13(14-3)10(12)2/h8-10,12-14H,4-7H2,1-3H3. The summed E-state index contributed by atoms with van der Waals surface area (Å²) in [7, 11) is 2.08. The first-order chi connectivity index (χ1) is 7.74. The molecule has 0 radical (unpaired) electrons. The van der Waals surface area contributed by atoms with E-state index in [1.54, 1.807) is 0 Å². The molecule has 1 aliphatic rings. The lowest BCUT2D eigenvalue weighted by molar-refractivity contribution is 0.364. The van der Waals surface area contributed by atoms with Gasteiger partial charge in [-0.3, -0.25) is 4.68 Å². The average molecular weight is 221 g/mol. The Morgan fingerprint density at radius 1 is 1.50 bits per heavy atom. The van der Waals surface area contributed by atoms with E-state index in [2.05, 4.69) is 37.5 Å². The Morgan fingerprint density at radius 2 is 2.31 bits per heavy atom. The van der Waals surface area contributed by atoms with Crippen molar-refractivity contribution in [3.63, 3.8) is 0 Å². The molecule has 3 atom stereocenters. The van der Waals surface area contributed by atoms with E-state index < -0.39 is 0 Å². The van der Waals surface area contributed by atoms with Crippen LogP contribution in [0.5, 0.6) is 0 Å². The summed E-state index contributed by atoms with van der Waals surface area (Å²) in [6.45, 7) is 5.48. The van der Waals surface area contributed by atoms with Gasteiger partial charge in [-0.25, -0.2) is 0 Å². The summed E-state index contributed by atoms with van der Waals surface area (Å²) in [6.07, 6.45) is 8.09. The molecule has 3 nitrogen and oxygen atoms in total. The first-order valence-corrected chi connectivity index (χ1v) is 6.43. The molecule has 90 valence electrons. The molecule has 1 N–H and O–H groups in total. The third kappa shape index (κ3) is 2.29. The Bertz CT molecular complexity index is 332. The van der Waals surface area contributed by atoms with Gasteiger partial charge in [0.1, 0.15) is 0 Å². The predicted octanol–water partition coefficient (Wildman–Crippen LogP) is 2.08. The van der Waals surface area contributed by atoms with Crippen LogP contribution in [0.1, 0.15) is 32.3 Å². The highest BCUT2D eigenvalue weighted by Gasteiger charge is 2.31. The quantitative estimate of drug-likeness (QED) is 0.843. The average Bonchev–Trinajstić information content (AvgIpc) is 2.88. The Kier molecular flexibility index (Phi) is 3.64. The third-order valence-electron chi connectivity index (χ3n) is 4.11. The molecule has 2 rings (SSSR count). The number of aromatic nitrogens is 2. The van der Waals surface area contributed by atoms with Crippen molar-refractivity contribution in [3.8, 4) is 0 Å². The van der Waals surface area contributed by atoms with Crippen molar-refractivity contribution in [2.45, 2.75) is 45.7 Å². The molecule has 1 aliphatic carbocycles. The van der Waals surface area contributed by atoms with E-state index in [0.29, 0.717) is 6.04 Å². The molecule has 3 heteroatoms. The molecule has 1 aromatic heterocycles. The Hall–Kier alpha value is -0.830. The van der Waals surface area contributed by atoms with Crippen LogP contribution in [0.4, 0.5) is 0 Å². The van der Waals surface area contributed by atoms with Crippen molar-refractivity contribution >= 4 is 0 Å². The fraction of sp³-hybridized carbons (Fsp3) is 0.769. The smallest absolute Gasteiger partial charge is 0.0521 e. The molecule has 0 aliphatic heterocycles. The zero-order valence-corrected chi connectivity index (χ0v) is 10.6. The summed E-state index contributed by atoms with van der Waals surface area (Å²) in [5.41, 5.74) is 1.40. The van der Waals surface area contributed by atoms with E-state index in [9.17, 15) is 0 Å². The van der Waals surface area contributed by atoms with Crippen LogP contribution in [0, 0.1) is 11.8 Å². The van der Waals surface area contributed by atoms with Crippen LogP contribution in [0.3, 0.4) is 0 Å². The fourth-order valence-corrected chi connectivity index (χ4v) is 2.93. The van der Waals surface area contributed by atoms with Gasteiger partial charge in [0.25, 0.3) is 0 Å². The number of rotatable bonds is 4. The lowest BCUT2D eigenvalue weighted by atomic mass is 9.91. The SMILES string of the molecule is CCn1cc(CC2CCC(NC)C2C)cn1. The van der Waals surface area contributed by atoms with Crippen molar-refractivity contribution in [3.05, 3.63) is 18.0 Å². The highest BCUT2D eigenvalue weighted by atomic mass is 15.3. The van der Waals surface area contributed by atoms with Gasteiger partial charge >= 0.3 is 0 Å². The maximum absolute atomic E-state index is 4.34. The fourth-order valence-electron chi connectivity index (χ4n) is 2.93. The Balaban J connectivity index is 1.95. The maximum Gasteiger partial charge on any atom is 0.0521 e.